The van der Waals surface area contributed by atoms with Gasteiger partial charge in [0.15, 0.2) is 5.96 Å². The number of hydrogen-bond donors (Lipinski definition) is 2. The Balaban J connectivity index is 1.45. The highest BCUT2D eigenvalue weighted by molar-refractivity contribution is 5.80. The standard InChI is InChI=1S/C25H34N4O2/c1-3-26-25(28-23-17-22(23)19-7-5-4-6-8-19)27-18-24(29-13-15-31-16-14-29)20-9-11-21(30-2)12-10-20/h4-12,22-24H,3,13-18H2,1-2H3,(H2,26,27,28). The van der Waals surface area contributed by atoms with E-state index in [1.807, 2.05) is 12.1 Å². The third kappa shape index (κ3) is 5.77. The van der Waals surface area contributed by atoms with Crippen molar-refractivity contribution in [2.75, 3.05) is 46.5 Å². The summed E-state index contributed by atoms with van der Waals surface area (Å²) in [6.07, 6.45) is 1.15. The van der Waals surface area contributed by atoms with Crippen LogP contribution in [0.3, 0.4) is 0 Å². The average molecular weight is 423 g/mol. The summed E-state index contributed by atoms with van der Waals surface area (Å²) in [6, 6.07) is 19.8. The predicted molar refractivity (Wildman–Crippen MR) is 125 cm³/mol. The first-order chi connectivity index (χ1) is 15.3. The fraction of sp³-hybridized carbons (Fsp3) is 0.480. The maximum atomic E-state index is 5.58. The average Bonchev–Trinajstić information content (AvgIpc) is 3.60. The molecule has 0 radical (unpaired) electrons. The van der Waals surface area contributed by atoms with Gasteiger partial charge in [-0.25, -0.2) is 0 Å². The Bertz CT molecular complexity index is 834. The van der Waals surface area contributed by atoms with Crippen molar-refractivity contribution < 1.29 is 9.47 Å². The molecule has 3 atom stereocenters. The lowest BCUT2D eigenvalue weighted by atomic mass is 10.0. The first-order valence-corrected chi connectivity index (χ1v) is 11.3. The summed E-state index contributed by atoms with van der Waals surface area (Å²) in [5.74, 6) is 2.35. The number of morpholine rings is 1. The minimum atomic E-state index is 0.217. The van der Waals surface area contributed by atoms with E-state index in [-0.39, 0.29) is 6.04 Å². The molecule has 3 unspecified atom stereocenters. The molecular weight excluding hydrogens is 388 g/mol. The zero-order chi connectivity index (χ0) is 21.5. The van der Waals surface area contributed by atoms with Crippen molar-refractivity contribution in [1.82, 2.24) is 15.5 Å². The molecule has 4 rings (SSSR count). The van der Waals surface area contributed by atoms with E-state index in [0.29, 0.717) is 18.5 Å². The Morgan fingerprint density at radius 1 is 1.13 bits per heavy atom. The maximum absolute atomic E-state index is 5.58. The van der Waals surface area contributed by atoms with Crippen LogP contribution in [-0.4, -0.2) is 63.4 Å². The molecule has 1 saturated heterocycles. The Hall–Kier alpha value is -2.57. The molecule has 1 heterocycles. The zero-order valence-corrected chi connectivity index (χ0v) is 18.6. The van der Waals surface area contributed by atoms with Gasteiger partial charge in [-0.1, -0.05) is 42.5 Å². The van der Waals surface area contributed by atoms with Crippen molar-refractivity contribution in [3.05, 3.63) is 65.7 Å². The highest BCUT2D eigenvalue weighted by Crippen LogP contribution is 2.40. The van der Waals surface area contributed by atoms with E-state index >= 15 is 0 Å². The summed E-state index contributed by atoms with van der Waals surface area (Å²) in [5.41, 5.74) is 2.66. The Morgan fingerprint density at radius 2 is 1.87 bits per heavy atom. The normalized spacial score (nSPS) is 22.6. The minimum absolute atomic E-state index is 0.217. The summed E-state index contributed by atoms with van der Waals surface area (Å²) >= 11 is 0. The number of hydrogen-bond acceptors (Lipinski definition) is 4. The van der Waals surface area contributed by atoms with Crippen LogP contribution in [-0.2, 0) is 4.74 Å². The van der Waals surface area contributed by atoms with Gasteiger partial charge in [-0.2, -0.15) is 0 Å². The van der Waals surface area contributed by atoms with Gasteiger partial charge in [-0.15, -0.1) is 0 Å². The molecule has 0 spiro atoms. The number of rotatable bonds is 8. The zero-order valence-electron chi connectivity index (χ0n) is 18.6. The summed E-state index contributed by atoms with van der Waals surface area (Å²) in [6.45, 7) is 7.06. The van der Waals surface area contributed by atoms with Crippen LogP contribution in [0.25, 0.3) is 0 Å². The lowest BCUT2D eigenvalue weighted by Gasteiger charge is -2.34. The summed E-state index contributed by atoms with van der Waals surface area (Å²) in [7, 11) is 1.70. The Kier molecular flexibility index (Phi) is 7.43. The number of methoxy groups -OCH3 is 1. The van der Waals surface area contributed by atoms with E-state index in [1.54, 1.807) is 7.11 Å². The SMILES string of the molecule is CCNC(=NCC(c1ccc(OC)cc1)N1CCOCC1)NC1CC1c1ccccc1. The highest BCUT2D eigenvalue weighted by atomic mass is 16.5. The summed E-state index contributed by atoms with van der Waals surface area (Å²) in [4.78, 5) is 7.47. The number of benzene rings is 2. The molecule has 1 aliphatic heterocycles. The van der Waals surface area contributed by atoms with Gasteiger partial charge in [-0.3, -0.25) is 9.89 Å². The highest BCUT2D eigenvalue weighted by Gasteiger charge is 2.38. The molecule has 2 aliphatic rings. The molecule has 1 aliphatic carbocycles. The minimum Gasteiger partial charge on any atom is -0.497 e. The quantitative estimate of drug-likeness (QED) is 0.506. The van der Waals surface area contributed by atoms with Crippen molar-refractivity contribution in [3.63, 3.8) is 0 Å². The van der Waals surface area contributed by atoms with Gasteiger partial charge < -0.3 is 20.1 Å². The maximum Gasteiger partial charge on any atom is 0.191 e. The van der Waals surface area contributed by atoms with Crippen LogP contribution in [0.15, 0.2) is 59.6 Å². The van der Waals surface area contributed by atoms with E-state index in [1.165, 1.54) is 11.1 Å². The van der Waals surface area contributed by atoms with Crippen LogP contribution in [0.4, 0.5) is 0 Å². The van der Waals surface area contributed by atoms with E-state index in [4.69, 9.17) is 14.5 Å². The van der Waals surface area contributed by atoms with Crippen molar-refractivity contribution in [2.24, 2.45) is 4.99 Å². The molecule has 1 saturated carbocycles. The number of ether oxygens (including phenoxy) is 2. The monoisotopic (exact) mass is 422 g/mol. The molecule has 0 amide bonds. The smallest absolute Gasteiger partial charge is 0.191 e. The fourth-order valence-electron chi connectivity index (χ4n) is 4.24. The second-order valence-electron chi connectivity index (χ2n) is 8.16. The lowest BCUT2D eigenvalue weighted by molar-refractivity contribution is 0.0179. The molecule has 2 fully saturated rings. The second-order valence-corrected chi connectivity index (χ2v) is 8.16. The number of guanidine groups is 1. The number of nitrogens with one attached hydrogen (secondary N) is 2. The Morgan fingerprint density at radius 3 is 2.55 bits per heavy atom. The molecule has 2 aromatic rings. The van der Waals surface area contributed by atoms with Gasteiger partial charge in [0.1, 0.15) is 5.75 Å². The van der Waals surface area contributed by atoms with Crippen molar-refractivity contribution in [1.29, 1.82) is 0 Å². The predicted octanol–water partition coefficient (Wildman–Crippen LogP) is 3.18. The largest absolute Gasteiger partial charge is 0.497 e. The van der Waals surface area contributed by atoms with Crippen LogP contribution in [0.2, 0.25) is 0 Å². The van der Waals surface area contributed by atoms with Crippen LogP contribution in [0.5, 0.6) is 5.75 Å². The molecular formula is C25H34N4O2. The van der Waals surface area contributed by atoms with Crippen LogP contribution < -0.4 is 15.4 Å². The summed E-state index contributed by atoms with van der Waals surface area (Å²) in [5, 5.41) is 7.07. The van der Waals surface area contributed by atoms with Gasteiger partial charge in [0.2, 0.25) is 0 Å². The topological polar surface area (TPSA) is 58.1 Å². The molecule has 0 bridgehead atoms. The molecule has 6 heteroatoms. The van der Waals surface area contributed by atoms with Crippen LogP contribution in [0, 0.1) is 0 Å². The van der Waals surface area contributed by atoms with Gasteiger partial charge in [0.05, 0.1) is 32.9 Å². The number of aliphatic imine (C=N–C) groups is 1. The Labute approximate surface area is 185 Å². The van der Waals surface area contributed by atoms with Gasteiger partial charge in [0.25, 0.3) is 0 Å². The molecule has 6 nitrogen and oxygen atoms in total. The third-order valence-corrected chi connectivity index (χ3v) is 6.09. The summed E-state index contributed by atoms with van der Waals surface area (Å²) < 4.78 is 10.9. The van der Waals surface area contributed by atoms with E-state index in [0.717, 1.165) is 51.0 Å². The second kappa shape index (κ2) is 10.6. The van der Waals surface area contributed by atoms with Crippen molar-refractivity contribution in [2.45, 2.75) is 31.3 Å². The first-order valence-electron chi connectivity index (χ1n) is 11.3. The molecule has 2 aromatic carbocycles. The van der Waals surface area contributed by atoms with E-state index in [2.05, 4.69) is 64.9 Å². The number of nitrogens with zero attached hydrogens (tertiary/aromatic N) is 2. The van der Waals surface area contributed by atoms with E-state index in [9.17, 15) is 0 Å². The molecule has 166 valence electrons. The van der Waals surface area contributed by atoms with Crippen LogP contribution >= 0.6 is 0 Å². The van der Waals surface area contributed by atoms with Gasteiger partial charge in [-0.05, 0) is 36.6 Å². The van der Waals surface area contributed by atoms with E-state index < -0.39 is 0 Å². The van der Waals surface area contributed by atoms with Gasteiger partial charge >= 0.3 is 0 Å². The third-order valence-electron chi connectivity index (χ3n) is 6.09. The fourth-order valence-corrected chi connectivity index (χ4v) is 4.24. The van der Waals surface area contributed by atoms with Crippen LogP contribution in [0.1, 0.15) is 36.4 Å². The molecule has 0 aromatic heterocycles. The van der Waals surface area contributed by atoms with Gasteiger partial charge in [0, 0.05) is 31.6 Å². The molecule has 31 heavy (non-hydrogen) atoms. The van der Waals surface area contributed by atoms with Crippen molar-refractivity contribution in [3.8, 4) is 5.75 Å². The first kappa shape index (κ1) is 21.7. The van der Waals surface area contributed by atoms with Crippen molar-refractivity contribution >= 4 is 5.96 Å². The molecule has 2 N–H and O–H groups in total. The lowest BCUT2D eigenvalue weighted by Crippen LogP contribution is -2.42.